The molecule has 1 fully saturated rings. The second kappa shape index (κ2) is 4.65. The Balaban J connectivity index is 2.75. The van der Waals surface area contributed by atoms with E-state index in [0.717, 1.165) is 18.1 Å². The number of nitrogens with zero attached hydrogens (tertiary/aromatic N) is 1. The van der Waals surface area contributed by atoms with E-state index in [1.165, 1.54) is 36.6 Å². The number of rotatable bonds is 3. The minimum absolute atomic E-state index is 0.762. The molecule has 0 aliphatic heterocycles. The van der Waals surface area contributed by atoms with Crippen molar-refractivity contribution in [1.82, 2.24) is 0 Å². The van der Waals surface area contributed by atoms with Crippen LogP contribution in [-0.4, -0.2) is 29.7 Å². The first-order valence-electron chi connectivity index (χ1n) is 6.35. The molecule has 0 bridgehead atoms. The number of hydrogen-bond donors (Lipinski definition) is 0. The van der Waals surface area contributed by atoms with Crippen molar-refractivity contribution < 1.29 is 4.48 Å². The van der Waals surface area contributed by atoms with Gasteiger partial charge in [0.2, 0.25) is 0 Å². The minimum Gasteiger partial charge on any atom is -0.320 e. The normalized spacial score (nSPS) is 20.8. The van der Waals surface area contributed by atoms with Crippen LogP contribution in [0.15, 0.2) is 0 Å². The van der Waals surface area contributed by atoms with Crippen molar-refractivity contribution in [3.05, 3.63) is 0 Å². The molecule has 0 spiro atoms. The van der Waals surface area contributed by atoms with Gasteiger partial charge in [0.05, 0.1) is 25.2 Å². The summed E-state index contributed by atoms with van der Waals surface area (Å²) in [6.07, 6.45) is 7.28. The summed E-state index contributed by atoms with van der Waals surface area (Å²) in [5.41, 5.74) is 0. The average Bonchev–Trinajstić information content (AvgIpc) is 2.17. The molecule has 0 aromatic heterocycles. The molecule has 1 rings (SSSR count). The Morgan fingerprint density at radius 2 is 1.29 bits per heavy atom. The van der Waals surface area contributed by atoms with Gasteiger partial charge in [-0.25, -0.2) is 0 Å². The second-order valence-electron chi connectivity index (χ2n) is 5.70. The SMILES string of the molecule is CC(C)[N+](C)(C(C)C)C1CCCCC1. The Kier molecular flexibility index (Phi) is 4.00. The highest BCUT2D eigenvalue weighted by Crippen LogP contribution is 2.31. The molecule has 1 saturated carbocycles. The Bertz CT molecular complexity index is 158. The molecule has 14 heavy (non-hydrogen) atoms. The third-order valence-corrected chi connectivity index (χ3v) is 4.59. The minimum atomic E-state index is 0.762. The molecular formula is C13H28N+. The van der Waals surface area contributed by atoms with Gasteiger partial charge in [0.25, 0.3) is 0 Å². The topological polar surface area (TPSA) is 0 Å². The van der Waals surface area contributed by atoms with Crippen LogP contribution >= 0.6 is 0 Å². The molecule has 1 heteroatoms. The molecule has 1 aliphatic carbocycles. The first kappa shape index (κ1) is 12.0. The summed E-state index contributed by atoms with van der Waals surface area (Å²) < 4.78 is 1.28. The van der Waals surface area contributed by atoms with E-state index in [1.54, 1.807) is 0 Å². The van der Waals surface area contributed by atoms with E-state index in [9.17, 15) is 0 Å². The standard InChI is InChI=1S/C13H28N/c1-11(2)14(5,12(3)4)13-9-7-6-8-10-13/h11-13H,6-10H2,1-5H3/q+1. The fourth-order valence-electron chi connectivity index (χ4n) is 3.08. The Morgan fingerprint density at radius 3 is 1.64 bits per heavy atom. The zero-order chi connectivity index (χ0) is 10.8. The van der Waals surface area contributed by atoms with Crippen molar-refractivity contribution in [1.29, 1.82) is 0 Å². The highest BCUT2D eigenvalue weighted by Gasteiger charge is 2.38. The smallest absolute Gasteiger partial charge is 0.0892 e. The lowest BCUT2D eigenvalue weighted by molar-refractivity contribution is -0.972. The van der Waals surface area contributed by atoms with Gasteiger partial charge in [-0.1, -0.05) is 6.42 Å². The van der Waals surface area contributed by atoms with Crippen LogP contribution in [-0.2, 0) is 0 Å². The van der Waals surface area contributed by atoms with Gasteiger partial charge in [0.1, 0.15) is 0 Å². The summed E-state index contributed by atoms with van der Waals surface area (Å²) in [5.74, 6) is 0. The molecule has 0 N–H and O–H groups in total. The Morgan fingerprint density at radius 1 is 0.857 bits per heavy atom. The van der Waals surface area contributed by atoms with Crippen molar-refractivity contribution >= 4 is 0 Å². The van der Waals surface area contributed by atoms with Gasteiger partial charge >= 0.3 is 0 Å². The lowest BCUT2D eigenvalue weighted by Gasteiger charge is -2.49. The highest BCUT2D eigenvalue weighted by molar-refractivity contribution is 4.69. The molecule has 0 radical (unpaired) electrons. The van der Waals surface area contributed by atoms with Gasteiger partial charge in [-0.05, 0) is 53.4 Å². The highest BCUT2D eigenvalue weighted by atomic mass is 15.4. The monoisotopic (exact) mass is 198 g/mol. The molecule has 1 aliphatic rings. The van der Waals surface area contributed by atoms with Crippen LogP contribution in [0, 0.1) is 0 Å². The molecule has 1 nitrogen and oxygen atoms in total. The molecule has 0 heterocycles. The zero-order valence-electron chi connectivity index (χ0n) is 10.7. The molecular weight excluding hydrogens is 170 g/mol. The first-order chi connectivity index (χ1) is 6.49. The predicted octanol–water partition coefficient (Wildman–Crippen LogP) is 3.58. The molecule has 0 unspecified atom stereocenters. The van der Waals surface area contributed by atoms with Gasteiger partial charge in [0.15, 0.2) is 0 Å². The van der Waals surface area contributed by atoms with E-state index < -0.39 is 0 Å². The Labute approximate surface area is 90.1 Å². The van der Waals surface area contributed by atoms with Crippen LogP contribution < -0.4 is 0 Å². The summed E-state index contributed by atoms with van der Waals surface area (Å²) in [6, 6.07) is 2.44. The van der Waals surface area contributed by atoms with Gasteiger partial charge in [-0.15, -0.1) is 0 Å². The molecule has 0 amide bonds. The van der Waals surface area contributed by atoms with Crippen LogP contribution in [0.1, 0.15) is 59.8 Å². The van der Waals surface area contributed by atoms with Crippen LogP contribution in [0.5, 0.6) is 0 Å². The summed E-state index contributed by atoms with van der Waals surface area (Å²) in [6.45, 7) is 9.53. The van der Waals surface area contributed by atoms with Gasteiger partial charge in [-0.3, -0.25) is 0 Å². The summed E-state index contributed by atoms with van der Waals surface area (Å²) in [7, 11) is 2.46. The number of quaternary nitrogens is 1. The van der Waals surface area contributed by atoms with Gasteiger partial charge in [-0.2, -0.15) is 0 Å². The zero-order valence-corrected chi connectivity index (χ0v) is 10.7. The van der Waals surface area contributed by atoms with E-state index in [-0.39, 0.29) is 0 Å². The van der Waals surface area contributed by atoms with Crippen molar-refractivity contribution in [3.8, 4) is 0 Å². The van der Waals surface area contributed by atoms with Gasteiger partial charge < -0.3 is 4.48 Å². The molecule has 0 atom stereocenters. The maximum atomic E-state index is 2.46. The van der Waals surface area contributed by atoms with Crippen molar-refractivity contribution in [2.45, 2.75) is 77.9 Å². The maximum absolute atomic E-state index is 2.46. The fraction of sp³-hybridized carbons (Fsp3) is 1.00. The summed E-state index contributed by atoms with van der Waals surface area (Å²) in [5, 5.41) is 0. The molecule has 0 saturated heterocycles. The van der Waals surface area contributed by atoms with E-state index in [2.05, 4.69) is 34.7 Å². The van der Waals surface area contributed by atoms with E-state index in [4.69, 9.17) is 0 Å². The largest absolute Gasteiger partial charge is 0.320 e. The third-order valence-electron chi connectivity index (χ3n) is 4.59. The fourth-order valence-corrected chi connectivity index (χ4v) is 3.08. The quantitative estimate of drug-likeness (QED) is 0.608. The van der Waals surface area contributed by atoms with Crippen LogP contribution in [0.2, 0.25) is 0 Å². The molecule has 0 aromatic carbocycles. The van der Waals surface area contributed by atoms with E-state index in [0.29, 0.717) is 0 Å². The maximum Gasteiger partial charge on any atom is 0.0892 e. The van der Waals surface area contributed by atoms with Crippen LogP contribution in [0.3, 0.4) is 0 Å². The van der Waals surface area contributed by atoms with Crippen molar-refractivity contribution in [3.63, 3.8) is 0 Å². The van der Waals surface area contributed by atoms with Crippen molar-refractivity contribution in [2.24, 2.45) is 0 Å². The average molecular weight is 198 g/mol. The third kappa shape index (κ3) is 2.13. The van der Waals surface area contributed by atoms with Crippen LogP contribution in [0.4, 0.5) is 0 Å². The summed E-state index contributed by atoms with van der Waals surface area (Å²) >= 11 is 0. The van der Waals surface area contributed by atoms with Crippen molar-refractivity contribution in [2.75, 3.05) is 7.05 Å². The predicted molar refractivity (Wildman–Crippen MR) is 63.3 cm³/mol. The van der Waals surface area contributed by atoms with Crippen LogP contribution in [0.25, 0.3) is 0 Å². The Hall–Kier alpha value is -0.0400. The lowest BCUT2D eigenvalue weighted by atomic mass is 9.90. The first-order valence-corrected chi connectivity index (χ1v) is 6.35. The lowest BCUT2D eigenvalue weighted by Crippen LogP contribution is -2.61. The second-order valence-corrected chi connectivity index (χ2v) is 5.70. The van der Waals surface area contributed by atoms with E-state index >= 15 is 0 Å². The van der Waals surface area contributed by atoms with Gasteiger partial charge in [0, 0.05) is 0 Å². The summed E-state index contributed by atoms with van der Waals surface area (Å²) in [4.78, 5) is 0. The van der Waals surface area contributed by atoms with E-state index in [1.807, 2.05) is 0 Å². The number of hydrogen-bond acceptors (Lipinski definition) is 0. The molecule has 84 valence electrons. The molecule has 0 aromatic rings.